The molecule has 8 N–H and O–H groups in total. The van der Waals surface area contributed by atoms with Crippen LogP contribution in [0, 0.1) is 28.4 Å². The van der Waals surface area contributed by atoms with Crippen LogP contribution in [-0.2, 0) is 37.9 Å². The molecule has 0 spiro atoms. The number of hydrogen-bond donors (Lipinski definition) is 8. The molecule has 0 fully saturated rings. The Bertz CT molecular complexity index is 453. The summed E-state index contributed by atoms with van der Waals surface area (Å²) in [7, 11) is 12.5. The molecule has 6 atom stereocenters. The summed E-state index contributed by atoms with van der Waals surface area (Å²) in [6, 6.07) is 0. The van der Waals surface area contributed by atoms with E-state index in [1.54, 1.807) is 0 Å². The molecule has 0 aromatic carbocycles. The Kier molecular flexibility index (Phi) is 47.7. The van der Waals surface area contributed by atoms with Gasteiger partial charge < -0.3 is 78.7 Å². The minimum Gasteiger partial charge on any atom is -0.553 e. The molecule has 0 rings (SSSR count). The maximum absolute atomic E-state index is 9.21. The van der Waals surface area contributed by atoms with Crippen molar-refractivity contribution in [3.63, 3.8) is 0 Å². The first-order valence-corrected chi connectivity index (χ1v) is 13.7. The van der Waals surface area contributed by atoms with Gasteiger partial charge in [-0.1, -0.05) is 0 Å². The van der Waals surface area contributed by atoms with Gasteiger partial charge in [0.1, 0.15) is 0 Å². The molecule has 18 heteroatoms. The average molecular weight is 1170 g/mol. The zero-order chi connectivity index (χ0) is 33.1. The van der Waals surface area contributed by atoms with Crippen molar-refractivity contribution in [2.24, 2.45) is 0 Å². The molecule has 0 aromatic heterocycles. The second kappa shape index (κ2) is 41.4. The minimum atomic E-state index is -0.723. The largest absolute Gasteiger partial charge is 0.553 e. The summed E-state index contributed by atoms with van der Waals surface area (Å²) in [6.45, 7) is 2.19. The predicted octanol–water partition coefficient (Wildman–Crippen LogP) is -2.42. The molecule has 0 amide bonds. The zero-order valence-corrected chi connectivity index (χ0v) is 39.4. The Morgan fingerprint density at radius 2 is 0.622 bits per heavy atom. The van der Waals surface area contributed by atoms with Gasteiger partial charge in [-0.3, -0.25) is 0 Å². The molecular formula is C27H56O16Rf2-4. The summed E-state index contributed by atoms with van der Waals surface area (Å²) in [4.78, 5) is 0. The van der Waals surface area contributed by atoms with Crippen molar-refractivity contribution >= 4 is 0 Å². The smallest absolute Gasteiger partial charge is 0.0976 e. The Labute approximate surface area is 256 Å². The van der Waals surface area contributed by atoms with Gasteiger partial charge in [0.05, 0.1) is 76.3 Å². The van der Waals surface area contributed by atoms with Crippen LogP contribution < -0.4 is 0 Å². The van der Waals surface area contributed by atoms with Crippen molar-refractivity contribution in [3.8, 4) is 0 Å². The first-order valence-electron chi connectivity index (χ1n) is 13.7. The van der Waals surface area contributed by atoms with Gasteiger partial charge in [-0.15, -0.1) is 0 Å². The summed E-state index contributed by atoms with van der Waals surface area (Å²) in [6.07, 6.45) is -2.86. The summed E-state index contributed by atoms with van der Waals surface area (Å²) in [5, 5.41) is 71.6. The molecule has 16 nitrogen and oxygen atoms in total. The molecule has 0 aliphatic rings. The van der Waals surface area contributed by atoms with Crippen molar-refractivity contribution in [1.29, 1.82) is 0 Å². The third-order valence-corrected chi connectivity index (χ3v) is 4.60. The van der Waals surface area contributed by atoms with E-state index < -0.39 is 36.6 Å². The first-order chi connectivity index (χ1) is 20.6. The van der Waals surface area contributed by atoms with E-state index in [0.717, 1.165) is 0 Å². The Morgan fingerprint density at radius 1 is 0.378 bits per heavy atom. The van der Waals surface area contributed by atoms with Crippen LogP contribution in [0.3, 0.4) is 0 Å². The van der Waals surface area contributed by atoms with Crippen molar-refractivity contribution in [2.45, 2.75) is 55.9 Å². The molecule has 0 heterocycles. The molecule has 45 heavy (non-hydrogen) atoms. The molecule has 0 aliphatic carbocycles. The van der Waals surface area contributed by atoms with Gasteiger partial charge in [-0.25, -0.2) is 28.4 Å². The summed E-state index contributed by atoms with van der Waals surface area (Å²) >= 11 is 0. The molecule has 0 radical (unpaired) electrons. The van der Waals surface area contributed by atoms with Crippen LogP contribution in [0.5, 0.6) is 0 Å². The Hall–Kier alpha value is -2.64. The van der Waals surface area contributed by atoms with E-state index >= 15 is 0 Å². The van der Waals surface area contributed by atoms with Gasteiger partial charge >= 0.3 is 0 Å². The van der Waals surface area contributed by atoms with Crippen LogP contribution in [0.2, 0.25) is 0 Å². The fourth-order valence-corrected chi connectivity index (χ4v) is 2.58. The molecular weight excluding hydrogens is 1110 g/mol. The average Bonchev–Trinajstić information content (AvgIpc) is 2.94. The predicted molar refractivity (Wildman–Crippen MR) is 153 cm³/mol. The van der Waals surface area contributed by atoms with E-state index in [-0.39, 0.29) is 92.1 Å². The van der Waals surface area contributed by atoms with E-state index in [1.165, 1.54) is 0 Å². The van der Waals surface area contributed by atoms with Crippen molar-refractivity contribution in [2.75, 3.05) is 92.5 Å². The maximum Gasteiger partial charge on any atom is 0.0976 e. The Morgan fingerprint density at radius 3 is 0.867 bits per heavy atom. The molecule has 0 aromatic rings. The number of rotatable bonds is 28. The van der Waals surface area contributed by atoms with Gasteiger partial charge in [-0.05, 0) is 19.3 Å². The van der Waals surface area contributed by atoms with Crippen molar-refractivity contribution in [1.82, 2.24) is 0 Å². The topological polar surface area (TPSA) is 236 Å². The van der Waals surface area contributed by atoms with Crippen LogP contribution >= 0.6 is 0 Å². The van der Waals surface area contributed by atoms with Crippen LogP contribution in [0.4, 0.5) is 0 Å². The second-order valence-electron chi connectivity index (χ2n) is 9.01. The molecule has 268 valence electrons. The van der Waals surface area contributed by atoms with Crippen molar-refractivity contribution < 1.29 is 78.7 Å². The van der Waals surface area contributed by atoms with E-state index in [1.807, 2.05) is 0 Å². The van der Waals surface area contributed by atoms with Gasteiger partial charge in [0.15, 0.2) is 0 Å². The quantitative estimate of drug-likeness (QED) is 0.0301. The van der Waals surface area contributed by atoms with Gasteiger partial charge in [-0.2, -0.15) is 0 Å². The maximum atomic E-state index is 9.21. The van der Waals surface area contributed by atoms with Crippen LogP contribution in [0.25, 0.3) is 0 Å². The molecule has 6 unspecified atom stereocenters. The molecule has 0 saturated heterocycles. The van der Waals surface area contributed by atoms with Gasteiger partial charge in [0.2, 0.25) is 0 Å². The summed E-state index contributed by atoms with van der Waals surface area (Å²) in [5.41, 5.74) is 0. The van der Waals surface area contributed by atoms with Gasteiger partial charge in [0.25, 0.3) is 0 Å². The first kappa shape index (κ1) is 51.9. The van der Waals surface area contributed by atoms with E-state index in [0.29, 0.717) is 19.6 Å². The Balaban J connectivity index is -0.000000176. The summed E-state index contributed by atoms with van der Waals surface area (Å²) in [5.74, 6) is 0. The normalized spacial score (nSPS) is 14.7. The van der Waals surface area contributed by atoms with Crippen LogP contribution in [-0.4, -0.2) is 170 Å². The second-order valence-corrected chi connectivity index (χ2v) is 9.01. The van der Waals surface area contributed by atoms with Crippen LogP contribution in [0.15, 0.2) is 0 Å². The van der Waals surface area contributed by atoms with E-state index in [9.17, 15) is 10.2 Å². The molecule has 0 bridgehead atoms. The monoisotopic (exact) mass is 1170 g/mol. The number of aliphatic hydroxyl groups excluding tert-OH is 8. The van der Waals surface area contributed by atoms with Crippen LogP contribution in [0.1, 0.15) is 19.3 Å². The fourth-order valence-electron chi connectivity index (χ4n) is 2.58. The van der Waals surface area contributed by atoms with Gasteiger partial charge in [0, 0.05) is 52.9 Å². The number of aliphatic hydroxyl groups is 8. The van der Waals surface area contributed by atoms with E-state index in [2.05, 4.69) is 47.4 Å². The summed E-state index contributed by atoms with van der Waals surface area (Å²) < 4.78 is 38.1. The minimum absolute atomic E-state index is 0. The number of ether oxygens (including phenoxy) is 8. The fraction of sp³-hybridized carbons (Fsp3) is 0.852. The SMILES string of the molecule is [CH2-]OCC(O)COCC(O)CCO.[CH2-]OCC(O)COCC(O)CCO.[CH2-]OCC(O)COCCCOCC(O)CO[CH2-].[Rf].[Rf]. The number of hydrogen-bond acceptors (Lipinski definition) is 16. The third kappa shape index (κ3) is 45.9. The third-order valence-electron chi connectivity index (χ3n) is 4.60. The van der Waals surface area contributed by atoms with Crippen molar-refractivity contribution in [3.05, 3.63) is 28.4 Å². The zero-order valence-electron chi connectivity index (χ0n) is 26.6. The van der Waals surface area contributed by atoms with E-state index in [4.69, 9.17) is 49.6 Å². The standard InChI is InChI=1S/C11H22O6.2C8H17O5.2Rf/c1-14-6-10(12)8-16-4-3-5-17-9-11(13)7-15-2;2*1-12-4-8(11)6-13-5-7(10)2-3-9;;/h10-13H,1-9H2;2*7-11H,1-6H2;;/q-2;2*-1;;. The molecule has 0 aliphatic heterocycles. The molecule has 0 saturated carbocycles.